The molecule has 0 aromatic heterocycles. The van der Waals surface area contributed by atoms with Crippen LogP contribution in [0, 0.1) is 5.41 Å². The molecular formula is C12H23NO. The maximum absolute atomic E-state index is 11.7. The zero-order valence-corrected chi connectivity index (χ0v) is 9.81. The zero-order valence-electron chi connectivity index (χ0n) is 9.81. The zero-order chi connectivity index (χ0) is 10.6. The molecule has 0 N–H and O–H groups in total. The molecule has 2 heteroatoms. The Morgan fingerprint density at radius 2 is 1.93 bits per heavy atom. The molecular weight excluding hydrogens is 174 g/mol. The van der Waals surface area contributed by atoms with Gasteiger partial charge in [0, 0.05) is 19.5 Å². The van der Waals surface area contributed by atoms with Crippen molar-refractivity contribution in [2.24, 2.45) is 5.41 Å². The minimum atomic E-state index is 0.340. The highest BCUT2D eigenvalue weighted by molar-refractivity contribution is 5.76. The van der Waals surface area contributed by atoms with Crippen LogP contribution >= 0.6 is 0 Å². The van der Waals surface area contributed by atoms with E-state index in [9.17, 15) is 4.79 Å². The van der Waals surface area contributed by atoms with Crippen LogP contribution in [-0.4, -0.2) is 23.9 Å². The topological polar surface area (TPSA) is 20.3 Å². The van der Waals surface area contributed by atoms with Gasteiger partial charge < -0.3 is 4.90 Å². The fourth-order valence-electron chi connectivity index (χ4n) is 1.75. The maximum atomic E-state index is 11.7. The summed E-state index contributed by atoms with van der Waals surface area (Å²) < 4.78 is 0. The monoisotopic (exact) mass is 197 g/mol. The predicted octanol–water partition coefficient (Wildman–Crippen LogP) is 2.83. The Bertz CT molecular complexity index is 193. The molecule has 14 heavy (non-hydrogen) atoms. The van der Waals surface area contributed by atoms with Crippen molar-refractivity contribution in [1.82, 2.24) is 4.90 Å². The van der Waals surface area contributed by atoms with Crippen LogP contribution in [0.1, 0.15) is 52.9 Å². The number of likely N-dealkylation sites (tertiary alicyclic amines) is 1. The van der Waals surface area contributed by atoms with Crippen LogP contribution in [0.5, 0.6) is 0 Å². The van der Waals surface area contributed by atoms with Gasteiger partial charge in [0.2, 0.25) is 5.91 Å². The first kappa shape index (κ1) is 11.5. The summed E-state index contributed by atoms with van der Waals surface area (Å²) in [7, 11) is 0. The number of amides is 1. The second kappa shape index (κ2) is 4.81. The summed E-state index contributed by atoms with van der Waals surface area (Å²) in [5.74, 6) is 0.367. The van der Waals surface area contributed by atoms with Gasteiger partial charge in [0.15, 0.2) is 0 Å². The largest absolute Gasteiger partial charge is 0.343 e. The van der Waals surface area contributed by atoms with Crippen LogP contribution in [0.3, 0.4) is 0 Å². The molecule has 0 unspecified atom stereocenters. The summed E-state index contributed by atoms with van der Waals surface area (Å²) in [4.78, 5) is 13.7. The molecule has 0 spiro atoms. The Kier molecular flexibility index (Phi) is 3.97. The number of carbonyl (C=O) groups is 1. The Balaban J connectivity index is 2.37. The summed E-state index contributed by atoms with van der Waals surface area (Å²) in [6.07, 6.45) is 5.38. The molecule has 0 aliphatic carbocycles. The van der Waals surface area contributed by atoms with E-state index in [1.807, 2.05) is 0 Å². The van der Waals surface area contributed by atoms with Crippen LogP contribution in [-0.2, 0) is 4.79 Å². The third-order valence-electron chi connectivity index (χ3n) is 2.80. The van der Waals surface area contributed by atoms with Gasteiger partial charge in [-0.25, -0.2) is 0 Å². The third-order valence-corrected chi connectivity index (χ3v) is 2.80. The standard InChI is InChI=1S/C12H23NO/c1-12(2,3)8-10-13-9-6-4-5-7-11(13)14/h4-10H2,1-3H3. The predicted molar refractivity (Wildman–Crippen MR) is 59.1 cm³/mol. The van der Waals surface area contributed by atoms with Crippen molar-refractivity contribution < 1.29 is 4.79 Å². The third kappa shape index (κ3) is 4.12. The van der Waals surface area contributed by atoms with Crippen LogP contribution in [0.2, 0.25) is 0 Å². The van der Waals surface area contributed by atoms with Gasteiger partial charge in [0.1, 0.15) is 0 Å². The van der Waals surface area contributed by atoms with Gasteiger partial charge in [-0.05, 0) is 24.7 Å². The van der Waals surface area contributed by atoms with Gasteiger partial charge in [-0.1, -0.05) is 27.2 Å². The van der Waals surface area contributed by atoms with Crippen molar-refractivity contribution >= 4 is 5.91 Å². The number of hydrogen-bond donors (Lipinski definition) is 0. The van der Waals surface area contributed by atoms with Crippen molar-refractivity contribution in [3.8, 4) is 0 Å². The first-order valence-corrected chi connectivity index (χ1v) is 5.77. The van der Waals surface area contributed by atoms with Crippen molar-refractivity contribution in [2.45, 2.75) is 52.9 Å². The van der Waals surface area contributed by atoms with Crippen molar-refractivity contribution in [1.29, 1.82) is 0 Å². The molecule has 0 bridgehead atoms. The molecule has 0 radical (unpaired) electrons. The normalized spacial score (nSPS) is 19.6. The molecule has 1 amide bonds. The lowest BCUT2D eigenvalue weighted by atomic mass is 9.92. The molecule has 0 aromatic rings. The lowest BCUT2D eigenvalue weighted by Crippen LogP contribution is -2.33. The highest BCUT2D eigenvalue weighted by Gasteiger charge is 2.18. The Labute approximate surface area is 87.7 Å². The highest BCUT2D eigenvalue weighted by Crippen LogP contribution is 2.20. The molecule has 0 atom stereocenters. The summed E-state index contributed by atoms with van der Waals surface area (Å²) in [5, 5.41) is 0. The van der Waals surface area contributed by atoms with Crippen molar-refractivity contribution in [3.63, 3.8) is 0 Å². The summed E-state index contributed by atoms with van der Waals surface area (Å²) in [6, 6.07) is 0. The van der Waals surface area contributed by atoms with Crippen LogP contribution in [0.15, 0.2) is 0 Å². The molecule has 1 saturated heterocycles. The first-order valence-electron chi connectivity index (χ1n) is 5.77. The molecule has 0 saturated carbocycles. The minimum absolute atomic E-state index is 0.340. The van der Waals surface area contributed by atoms with Gasteiger partial charge in [-0.3, -0.25) is 4.79 Å². The molecule has 1 rings (SSSR count). The van der Waals surface area contributed by atoms with E-state index in [0.29, 0.717) is 11.3 Å². The smallest absolute Gasteiger partial charge is 0.222 e. The number of carbonyl (C=O) groups excluding carboxylic acids is 1. The maximum Gasteiger partial charge on any atom is 0.222 e. The van der Waals surface area contributed by atoms with E-state index in [0.717, 1.165) is 32.4 Å². The SMILES string of the molecule is CC(C)(C)CCN1CCCCCC1=O. The van der Waals surface area contributed by atoms with E-state index in [1.54, 1.807) is 0 Å². The van der Waals surface area contributed by atoms with Gasteiger partial charge in [0.05, 0.1) is 0 Å². The number of rotatable bonds is 2. The summed E-state index contributed by atoms with van der Waals surface area (Å²) in [5.41, 5.74) is 0.340. The molecule has 1 heterocycles. The van der Waals surface area contributed by atoms with Crippen LogP contribution < -0.4 is 0 Å². The van der Waals surface area contributed by atoms with Gasteiger partial charge >= 0.3 is 0 Å². The minimum Gasteiger partial charge on any atom is -0.343 e. The molecule has 2 nitrogen and oxygen atoms in total. The average Bonchev–Trinajstić information content (AvgIpc) is 2.25. The fourth-order valence-corrected chi connectivity index (χ4v) is 1.75. The van der Waals surface area contributed by atoms with Crippen LogP contribution in [0.25, 0.3) is 0 Å². The van der Waals surface area contributed by atoms with Gasteiger partial charge in [-0.2, -0.15) is 0 Å². The Morgan fingerprint density at radius 1 is 1.21 bits per heavy atom. The second-order valence-corrected chi connectivity index (χ2v) is 5.50. The second-order valence-electron chi connectivity index (χ2n) is 5.50. The summed E-state index contributed by atoms with van der Waals surface area (Å²) in [6.45, 7) is 8.62. The lowest BCUT2D eigenvalue weighted by molar-refractivity contribution is -0.130. The fraction of sp³-hybridized carbons (Fsp3) is 0.917. The average molecular weight is 197 g/mol. The van der Waals surface area contributed by atoms with Crippen molar-refractivity contribution in [3.05, 3.63) is 0 Å². The Hall–Kier alpha value is -0.530. The number of hydrogen-bond acceptors (Lipinski definition) is 1. The quantitative estimate of drug-likeness (QED) is 0.666. The van der Waals surface area contributed by atoms with E-state index in [-0.39, 0.29) is 0 Å². The molecule has 0 aromatic carbocycles. The first-order chi connectivity index (χ1) is 6.49. The summed E-state index contributed by atoms with van der Waals surface area (Å²) >= 11 is 0. The van der Waals surface area contributed by atoms with Gasteiger partial charge in [-0.15, -0.1) is 0 Å². The van der Waals surface area contributed by atoms with E-state index < -0.39 is 0 Å². The van der Waals surface area contributed by atoms with E-state index in [4.69, 9.17) is 0 Å². The molecule has 1 fully saturated rings. The lowest BCUT2D eigenvalue weighted by Gasteiger charge is -2.25. The Morgan fingerprint density at radius 3 is 2.57 bits per heavy atom. The van der Waals surface area contributed by atoms with E-state index in [1.165, 1.54) is 12.8 Å². The molecule has 1 aliphatic rings. The van der Waals surface area contributed by atoms with E-state index in [2.05, 4.69) is 25.7 Å². The van der Waals surface area contributed by atoms with E-state index >= 15 is 0 Å². The number of nitrogens with zero attached hydrogens (tertiary/aromatic N) is 1. The van der Waals surface area contributed by atoms with Gasteiger partial charge in [0.25, 0.3) is 0 Å². The molecule has 1 aliphatic heterocycles. The van der Waals surface area contributed by atoms with Crippen LogP contribution in [0.4, 0.5) is 0 Å². The molecule has 82 valence electrons. The van der Waals surface area contributed by atoms with Crippen molar-refractivity contribution in [2.75, 3.05) is 13.1 Å². The highest BCUT2D eigenvalue weighted by atomic mass is 16.2.